The summed E-state index contributed by atoms with van der Waals surface area (Å²) in [5.41, 5.74) is 2.22. The Balaban J connectivity index is 2.04. The summed E-state index contributed by atoms with van der Waals surface area (Å²) in [5.74, 6) is 5.62. The fourth-order valence-electron chi connectivity index (χ4n) is 2.12. The molecule has 1 saturated heterocycles. The third-order valence-electron chi connectivity index (χ3n) is 3.13. The van der Waals surface area contributed by atoms with Crippen LogP contribution in [0.4, 0.5) is 0 Å². The molecule has 3 heteroatoms. The van der Waals surface area contributed by atoms with Crippen molar-refractivity contribution in [2.75, 3.05) is 26.4 Å². The van der Waals surface area contributed by atoms with E-state index in [0.717, 1.165) is 31.9 Å². The van der Waals surface area contributed by atoms with Crippen LogP contribution in [0, 0.1) is 11.8 Å². The molecule has 1 aliphatic heterocycles. The predicted octanol–water partition coefficient (Wildman–Crippen LogP) is 1.25. The molecule has 0 saturated carbocycles. The number of morpholine rings is 1. The summed E-state index contributed by atoms with van der Waals surface area (Å²) >= 11 is 0. The fourth-order valence-corrected chi connectivity index (χ4v) is 2.12. The molecule has 18 heavy (non-hydrogen) atoms. The Morgan fingerprint density at radius 3 is 3.17 bits per heavy atom. The molecule has 1 atom stereocenters. The van der Waals surface area contributed by atoms with Crippen LogP contribution in [0.3, 0.4) is 0 Å². The van der Waals surface area contributed by atoms with Gasteiger partial charge in [0.25, 0.3) is 0 Å². The molecule has 3 nitrogen and oxygen atoms in total. The molecule has 0 spiro atoms. The van der Waals surface area contributed by atoms with E-state index in [9.17, 15) is 0 Å². The van der Waals surface area contributed by atoms with E-state index in [1.807, 2.05) is 12.1 Å². The number of hydrogen-bond donors (Lipinski definition) is 1. The molecule has 0 amide bonds. The molecule has 1 fully saturated rings. The van der Waals surface area contributed by atoms with Gasteiger partial charge < -0.3 is 9.84 Å². The average Bonchev–Trinajstić information content (AvgIpc) is 2.40. The first-order valence-corrected chi connectivity index (χ1v) is 6.30. The van der Waals surface area contributed by atoms with Crippen LogP contribution in [0.2, 0.25) is 0 Å². The molecule has 0 bridgehead atoms. The highest BCUT2D eigenvalue weighted by atomic mass is 16.5. The van der Waals surface area contributed by atoms with Gasteiger partial charge >= 0.3 is 0 Å². The second-order valence-electron chi connectivity index (χ2n) is 4.55. The first kappa shape index (κ1) is 13.1. The Morgan fingerprint density at radius 2 is 2.39 bits per heavy atom. The molecule has 1 unspecified atom stereocenters. The lowest BCUT2D eigenvalue weighted by molar-refractivity contribution is -0.00437. The van der Waals surface area contributed by atoms with Gasteiger partial charge in [-0.3, -0.25) is 4.90 Å². The normalized spacial score (nSPS) is 20.2. The van der Waals surface area contributed by atoms with Gasteiger partial charge in [-0.1, -0.05) is 24.0 Å². The molecule has 0 aromatic heterocycles. The number of benzene rings is 1. The third-order valence-corrected chi connectivity index (χ3v) is 3.13. The van der Waals surface area contributed by atoms with Gasteiger partial charge in [-0.2, -0.15) is 0 Å². The molecule has 1 aliphatic rings. The maximum atomic E-state index is 8.70. The van der Waals surface area contributed by atoms with Crippen molar-refractivity contribution in [2.24, 2.45) is 0 Å². The Morgan fingerprint density at radius 1 is 1.50 bits per heavy atom. The zero-order chi connectivity index (χ0) is 12.8. The smallest absolute Gasteiger partial charge is 0.104 e. The Labute approximate surface area is 108 Å². The van der Waals surface area contributed by atoms with Crippen LogP contribution in [0.15, 0.2) is 24.3 Å². The molecular formula is C15H19NO2. The minimum atomic E-state index is -0.0925. The fraction of sp³-hybridized carbons (Fsp3) is 0.467. The molecule has 2 rings (SSSR count). The average molecular weight is 245 g/mol. The summed E-state index contributed by atoms with van der Waals surface area (Å²) in [6.07, 6.45) is 0. The summed E-state index contributed by atoms with van der Waals surface area (Å²) in [6, 6.07) is 8.65. The maximum Gasteiger partial charge on any atom is 0.104 e. The molecule has 1 aromatic rings. The van der Waals surface area contributed by atoms with Crippen LogP contribution in [-0.4, -0.2) is 42.4 Å². The molecule has 0 radical (unpaired) electrons. The van der Waals surface area contributed by atoms with Gasteiger partial charge in [0.1, 0.15) is 6.61 Å². The lowest BCUT2D eigenvalue weighted by Gasteiger charge is -2.33. The second-order valence-corrected chi connectivity index (χ2v) is 4.55. The largest absolute Gasteiger partial charge is 0.384 e. The molecule has 1 heterocycles. The summed E-state index contributed by atoms with van der Waals surface area (Å²) in [5, 5.41) is 8.70. The van der Waals surface area contributed by atoms with Gasteiger partial charge in [0, 0.05) is 24.7 Å². The van der Waals surface area contributed by atoms with Crippen molar-refractivity contribution in [3.63, 3.8) is 0 Å². The van der Waals surface area contributed by atoms with Gasteiger partial charge in [-0.15, -0.1) is 0 Å². The highest BCUT2D eigenvalue weighted by molar-refractivity contribution is 5.37. The topological polar surface area (TPSA) is 32.7 Å². The van der Waals surface area contributed by atoms with Crippen LogP contribution >= 0.6 is 0 Å². The monoisotopic (exact) mass is 245 g/mol. The molecular weight excluding hydrogens is 226 g/mol. The summed E-state index contributed by atoms with van der Waals surface area (Å²) < 4.78 is 5.43. The highest BCUT2D eigenvalue weighted by Gasteiger charge is 2.18. The van der Waals surface area contributed by atoms with E-state index in [1.54, 1.807) is 0 Å². The van der Waals surface area contributed by atoms with Crippen molar-refractivity contribution in [3.05, 3.63) is 35.4 Å². The van der Waals surface area contributed by atoms with Crippen molar-refractivity contribution in [3.8, 4) is 11.8 Å². The van der Waals surface area contributed by atoms with E-state index >= 15 is 0 Å². The van der Waals surface area contributed by atoms with Gasteiger partial charge in [0.05, 0.1) is 13.2 Å². The number of rotatable bonds is 2. The minimum Gasteiger partial charge on any atom is -0.384 e. The number of aliphatic hydroxyl groups excluding tert-OH is 1. The highest BCUT2D eigenvalue weighted by Crippen LogP contribution is 2.13. The van der Waals surface area contributed by atoms with Crippen LogP contribution in [0.25, 0.3) is 0 Å². The minimum absolute atomic E-state index is 0.0925. The molecule has 1 aromatic carbocycles. The lowest BCUT2D eigenvalue weighted by Crippen LogP contribution is -2.42. The van der Waals surface area contributed by atoms with E-state index in [2.05, 4.69) is 35.8 Å². The molecule has 0 aliphatic carbocycles. The first-order chi connectivity index (χ1) is 8.79. The van der Waals surface area contributed by atoms with Crippen molar-refractivity contribution in [1.29, 1.82) is 0 Å². The number of ether oxygens (including phenoxy) is 1. The van der Waals surface area contributed by atoms with Gasteiger partial charge in [-0.25, -0.2) is 0 Å². The predicted molar refractivity (Wildman–Crippen MR) is 71.1 cm³/mol. The third kappa shape index (κ3) is 3.58. The SMILES string of the molecule is CC1COCCN1Cc1cccc(C#CCO)c1. The van der Waals surface area contributed by atoms with Crippen molar-refractivity contribution in [1.82, 2.24) is 4.90 Å². The van der Waals surface area contributed by atoms with Crippen LogP contribution in [0.5, 0.6) is 0 Å². The van der Waals surface area contributed by atoms with E-state index in [4.69, 9.17) is 9.84 Å². The Bertz CT molecular complexity index is 447. The van der Waals surface area contributed by atoms with Crippen LogP contribution in [0.1, 0.15) is 18.1 Å². The van der Waals surface area contributed by atoms with E-state index in [-0.39, 0.29) is 6.61 Å². The van der Waals surface area contributed by atoms with Crippen molar-refractivity contribution >= 4 is 0 Å². The van der Waals surface area contributed by atoms with E-state index in [1.165, 1.54) is 5.56 Å². The molecule has 1 N–H and O–H groups in total. The Kier molecular flexibility index (Phi) is 4.77. The number of hydrogen-bond acceptors (Lipinski definition) is 3. The van der Waals surface area contributed by atoms with Gasteiger partial charge in [0.15, 0.2) is 0 Å². The standard InChI is InChI=1S/C15H19NO2/c1-13-12-18-9-7-16(13)11-15-5-2-4-14(10-15)6-3-8-17/h2,4-5,10,13,17H,7-9,11-12H2,1H3. The Hall–Kier alpha value is -1.34. The number of nitrogens with zero attached hydrogens (tertiary/aromatic N) is 1. The second kappa shape index (κ2) is 6.55. The van der Waals surface area contributed by atoms with Crippen molar-refractivity contribution in [2.45, 2.75) is 19.5 Å². The summed E-state index contributed by atoms with van der Waals surface area (Å²) in [4.78, 5) is 2.42. The lowest BCUT2D eigenvalue weighted by atomic mass is 10.1. The van der Waals surface area contributed by atoms with Crippen LogP contribution in [-0.2, 0) is 11.3 Å². The first-order valence-electron chi connectivity index (χ1n) is 6.30. The van der Waals surface area contributed by atoms with E-state index in [0.29, 0.717) is 6.04 Å². The summed E-state index contributed by atoms with van der Waals surface area (Å²) in [6.45, 7) is 5.63. The van der Waals surface area contributed by atoms with Crippen LogP contribution < -0.4 is 0 Å². The quantitative estimate of drug-likeness (QED) is 0.796. The number of aliphatic hydroxyl groups is 1. The van der Waals surface area contributed by atoms with Gasteiger partial charge in [0.2, 0.25) is 0 Å². The maximum absolute atomic E-state index is 8.70. The van der Waals surface area contributed by atoms with Crippen molar-refractivity contribution < 1.29 is 9.84 Å². The zero-order valence-electron chi connectivity index (χ0n) is 10.7. The van der Waals surface area contributed by atoms with E-state index < -0.39 is 0 Å². The molecule has 96 valence electrons. The van der Waals surface area contributed by atoms with Gasteiger partial charge in [-0.05, 0) is 24.6 Å². The zero-order valence-corrected chi connectivity index (χ0v) is 10.7. The summed E-state index contributed by atoms with van der Waals surface area (Å²) in [7, 11) is 0.